The molecular weight excluding hydrogens is 338 g/mol. The van der Waals surface area contributed by atoms with Gasteiger partial charge < -0.3 is 15.0 Å². The van der Waals surface area contributed by atoms with Gasteiger partial charge in [0.2, 0.25) is 11.8 Å². The van der Waals surface area contributed by atoms with Crippen molar-refractivity contribution in [3.8, 4) is 0 Å². The second-order valence-corrected chi connectivity index (χ2v) is 8.07. The lowest BCUT2D eigenvalue weighted by Crippen LogP contribution is -2.45. The van der Waals surface area contributed by atoms with Crippen molar-refractivity contribution >= 4 is 23.2 Å². The first kappa shape index (κ1) is 18.3. The molecule has 1 aromatic heterocycles. The van der Waals surface area contributed by atoms with Crippen LogP contribution in [0.5, 0.6) is 0 Å². The maximum absolute atomic E-state index is 12.7. The van der Waals surface area contributed by atoms with Crippen molar-refractivity contribution in [3.05, 3.63) is 15.6 Å². The van der Waals surface area contributed by atoms with Crippen molar-refractivity contribution < 1.29 is 14.3 Å². The number of carbonyl (C=O) groups excluding carboxylic acids is 2. The average molecular weight is 365 g/mol. The predicted octanol–water partition coefficient (Wildman–Crippen LogP) is 2.22. The third-order valence-corrected chi connectivity index (χ3v) is 6.07. The molecule has 1 aromatic rings. The van der Waals surface area contributed by atoms with Gasteiger partial charge in [-0.2, -0.15) is 0 Å². The van der Waals surface area contributed by atoms with Crippen molar-refractivity contribution in [1.82, 2.24) is 15.2 Å². The molecule has 0 unspecified atom stereocenters. The molecule has 2 aliphatic rings. The van der Waals surface area contributed by atoms with Gasteiger partial charge in [0.25, 0.3) is 0 Å². The van der Waals surface area contributed by atoms with E-state index in [1.54, 1.807) is 11.3 Å². The second-order valence-electron chi connectivity index (χ2n) is 6.79. The zero-order valence-electron chi connectivity index (χ0n) is 15.0. The van der Waals surface area contributed by atoms with E-state index in [-0.39, 0.29) is 30.4 Å². The van der Waals surface area contributed by atoms with Gasteiger partial charge >= 0.3 is 0 Å². The third kappa shape index (κ3) is 4.39. The number of aryl methyl sites for hydroxylation is 2. The van der Waals surface area contributed by atoms with Crippen LogP contribution >= 0.6 is 11.3 Å². The zero-order valence-corrected chi connectivity index (χ0v) is 15.9. The molecule has 1 atom stereocenters. The van der Waals surface area contributed by atoms with Gasteiger partial charge in [0, 0.05) is 30.5 Å². The lowest BCUT2D eigenvalue weighted by molar-refractivity contribution is -0.139. The van der Waals surface area contributed by atoms with Gasteiger partial charge in [-0.25, -0.2) is 4.98 Å². The fourth-order valence-corrected chi connectivity index (χ4v) is 4.68. The smallest absolute Gasteiger partial charge is 0.248 e. The van der Waals surface area contributed by atoms with Crippen LogP contribution in [-0.4, -0.2) is 48.0 Å². The molecule has 25 heavy (non-hydrogen) atoms. The SMILES string of the molecule is CCOCC(=O)N1CCC(C(=O)N[C@H]2CCCc3sc(C)nc32)CC1. The Kier molecular flexibility index (Phi) is 6.06. The van der Waals surface area contributed by atoms with E-state index in [9.17, 15) is 9.59 Å². The maximum Gasteiger partial charge on any atom is 0.248 e. The molecule has 1 saturated heterocycles. The Morgan fingerprint density at radius 3 is 2.80 bits per heavy atom. The number of nitrogens with zero attached hydrogens (tertiary/aromatic N) is 2. The van der Waals surface area contributed by atoms with Crippen LogP contribution in [0.4, 0.5) is 0 Å². The fourth-order valence-electron chi connectivity index (χ4n) is 3.64. The van der Waals surface area contributed by atoms with Crippen molar-refractivity contribution in [1.29, 1.82) is 0 Å². The summed E-state index contributed by atoms with van der Waals surface area (Å²) in [4.78, 5) is 32.4. The molecule has 0 aromatic carbocycles. The minimum atomic E-state index is -0.0127. The first-order valence-corrected chi connectivity index (χ1v) is 10.0. The van der Waals surface area contributed by atoms with E-state index in [0.717, 1.165) is 42.8 Å². The summed E-state index contributed by atoms with van der Waals surface area (Å²) in [6, 6.07) is 0.0545. The molecule has 1 aliphatic heterocycles. The lowest BCUT2D eigenvalue weighted by Gasteiger charge is -2.32. The number of carbonyl (C=O) groups is 2. The Morgan fingerprint density at radius 1 is 1.32 bits per heavy atom. The summed E-state index contributed by atoms with van der Waals surface area (Å²) >= 11 is 1.75. The van der Waals surface area contributed by atoms with Crippen LogP contribution in [0.2, 0.25) is 0 Å². The molecule has 0 saturated carbocycles. The third-order valence-electron chi connectivity index (χ3n) is 5.03. The summed E-state index contributed by atoms with van der Waals surface area (Å²) in [6.45, 7) is 5.86. The summed E-state index contributed by atoms with van der Waals surface area (Å²) < 4.78 is 5.18. The van der Waals surface area contributed by atoms with E-state index in [1.165, 1.54) is 4.88 Å². The number of likely N-dealkylation sites (tertiary alicyclic amines) is 1. The van der Waals surface area contributed by atoms with Gasteiger partial charge in [0.15, 0.2) is 0 Å². The normalized spacial score (nSPS) is 21.0. The van der Waals surface area contributed by atoms with Crippen molar-refractivity contribution in [2.24, 2.45) is 5.92 Å². The van der Waals surface area contributed by atoms with Crippen LogP contribution in [0, 0.1) is 12.8 Å². The highest BCUT2D eigenvalue weighted by atomic mass is 32.1. The van der Waals surface area contributed by atoms with Crippen molar-refractivity contribution in [2.75, 3.05) is 26.3 Å². The Balaban J connectivity index is 1.51. The van der Waals surface area contributed by atoms with Crippen LogP contribution in [-0.2, 0) is 20.7 Å². The minimum absolute atomic E-state index is 0.0127. The number of piperidine rings is 1. The summed E-state index contributed by atoms with van der Waals surface area (Å²) in [7, 11) is 0. The molecule has 1 N–H and O–H groups in total. The molecule has 1 fully saturated rings. The second kappa shape index (κ2) is 8.27. The van der Waals surface area contributed by atoms with Gasteiger partial charge in [-0.3, -0.25) is 9.59 Å². The molecule has 0 bridgehead atoms. The Hall–Kier alpha value is -1.47. The summed E-state index contributed by atoms with van der Waals surface area (Å²) in [5.74, 6) is 0.122. The molecule has 7 heteroatoms. The van der Waals surface area contributed by atoms with E-state index in [0.29, 0.717) is 19.7 Å². The monoisotopic (exact) mass is 365 g/mol. The lowest BCUT2D eigenvalue weighted by atomic mass is 9.93. The predicted molar refractivity (Wildman–Crippen MR) is 96.5 cm³/mol. The zero-order chi connectivity index (χ0) is 17.8. The minimum Gasteiger partial charge on any atom is -0.372 e. The molecule has 2 heterocycles. The van der Waals surface area contributed by atoms with Gasteiger partial charge in [-0.1, -0.05) is 0 Å². The number of thiazole rings is 1. The molecule has 138 valence electrons. The standard InChI is InChI=1S/C18H27N3O3S/c1-3-24-11-16(22)21-9-7-13(8-10-21)18(23)20-14-5-4-6-15-17(14)19-12(2)25-15/h13-14H,3-11H2,1-2H3,(H,20,23)/t14-/m0/s1. The average Bonchev–Trinajstić information content (AvgIpc) is 3.01. The van der Waals surface area contributed by atoms with Crippen LogP contribution in [0.25, 0.3) is 0 Å². The van der Waals surface area contributed by atoms with Crippen LogP contribution in [0.1, 0.15) is 54.2 Å². The van der Waals surface area contributed by atoms with E-state index < -0.39 is 0 Å². The Labute approximate surface area is 153 Å². The quantitative estimate of drug-likeness (QED) is 0.868. The Bertz CT molecular complexity index is 623. The van der Waals surface area contributed by atoms with Crippen molar-refractivity contribution in [2.45, 2.75) is 52.0 Å². The Morgan fingerprint density at radius 2 is 2.08 bits per heavy atom. The summed E-state index contributed by atoms with van der Waals surface area (Å²) in [5, 5.41) is 4.29. The van der Waals surface area contributed by atoms with Gasteiger partial charge in [0.1, 0.15) is 6.61 Å². The number of hydrogen-bond acceptors (Lipinski definition) is 5. The maximum atomic E-state index is 12.7. The van der Waals surface area contributed by atoms with Crippen LogP contribution in [0.3, 0.4) is 0 Å². The molecule has 0 radical (unpaired) electrons. The molecule has 0 spiro atoms. The first-order valence-electron chi connectivity index (χ1n) is 9.20. The molecule has 1 aliphatic carbocycles. The largest absolute Gasteiger partial charge is 0.372 e. The number of amides is 2. The van der Waals surface area contributed by atoms with Crippen LogP contribution < -0.4 is 5.32 Å². The van der Waals surface area contributed by atoms with Gasteiger partial charge in [-0.05, 0) is 46.0 Å². The number of fused-ring (bicyclic) bond motifs is 1. The van der Waals surface area contributed by atoms with Gasteiger partial charge in [-0.15, -0.1) is 11.3 Å². The van der Waals surface area contributed by atoms with E-state index >= 15 is 0 Å². The van der Waals surface area contributed by atoms with Crippen LogP contribution in [0.15, 0.2) is 0 Å². The highest BCUT2D eigenvalue weighted by Gasteiger charge is 2.31. The van der Waals surface area contributed by atoms with E-state index in [4.69, 9.17) is 4.74 Å². The number of nitrogens with one attached hydrogen (secondary N) is 1. The highest BCUT2D eigenvalue weighted by molar-refractivity contribution is 7.11. The number of aromatic nitrogens is 1. The highest BCUT2D eigenvalue weighted by Crippen LogP contribution is 2.33. The molecule has 3 rings (SSSR count). The summed E-state index contributed by atoms with van der Waals surface area (Å²) in [6.07, 6.45) is 4.59. The first-order chi connectivity index (χ1) is 12.1. The van der Waals surface area contributed by atoms with E-state index in [2.05, 4.69) is 10.3 Å². The topological polar surface area (TPSA) is 71.5 Å². The van der Waals surface area contributed by atoms with Gasteiger partial charge in [0.05, 0.1) is 16.7 Å². The number of hydrogen-bond donors (Lipinski definition) is 1. The molecule has 6 nitrogen and oxygen atoms in total. The molecular formula is C18H27N3O3S. The van der Waals surface area contributed by atoms with Crippen molar-refractivity contribution in [3.63, 3.8) is 0 Å². The fraction of sp³-hybridized carbons (Fsp3) is 0.722. The molecule has 2 amide bonds. The van der Waals surface area contributed by atoms with E-state index in [1.807, 2.05) is 18.7 Å². The summed E-state index contributed by atoms with van der Waals surface area (Å²) in [5.41, 5.74) is 1.08. The number of ether oxygens (including phenoxy) is 1. The number of rotatable bonds is 5.